The monoisotopic (exact) mass is 273 g/mol. The van der Waals surface area contributed by atoms with Crippen LogP contribution in [0.25, 0.3) is 0 Å². The number of hydrogen-bond acceptors (Lipinski definition) is 2. The Labute approximate surface area is 116 Å². The minimum atomic E-state index is -0.225. The Kier molecular flexibility index (Phi) is 3.04. The lowest BCUT2D eigenvalue weighted by atomic mass is 9.89. The van der Waals surface area contributed by atoms with E-state index < -0.39 is 0 Å². The van der Waals surface area contributed by atoms with E-state index >= 15 is 0 Å². The van der Waals surface area contributed by atoms with Crippen LogP contribution in [0.15, 0.2) is 30.5 Å². The fraction of sp³-hybridized carbons (Fsp3) is 0.333. The van der Waals surface area contributed by atoms with E-state index in [2.05, 4.69) is 10.2 Å². The zero-order chi connectivity index (χ0) is 14.3. The van der Waals surface area contributed by atoms with Crippen molar-refractivity contribution in [2.24, 2.45) is 0 Å². The van der Waals surface area contributed by atoms with Crippen molar-refractivity contribution in [2.45, 2.75) is 32.4 Å². The van der Waals surface area contributed by atoms with Crippen LogP contribution in [0, 0.1) is 5.82 Å². The molecule has 1 aliphatic rings. The highest BCUT2D eigenvalue weighted by molar-refractivity contribution is 5.92. The van der Waals surface area contributed by atoms with Crippen LogP contribution in [0.4, 0.5) is 4.39 Å². The first-order chi connectivity index (χ1) is 9.58. The minimum absolute atomic E-state index is 0.0232. The number of nitrogens with zero attached hydrogens (tertiary/aromatic N) is 2. The van der Waals surface area contributed by atoms with Gasteiger partial charge in [0.05, 0.1) is 6.04 Å². The van der Waals surface area contributed by atoms with Gasteiger partial charge in [0.1, 0.15) is 11.5 Å². The quantitative estimate of drug-likeness (QED) is 0.868. The molecule has 0 saturated heterocycles. The van der Waals surface area contributed by atoms with Gasteiger partial charge in [0.15, 0.2) is 0 Å². The van der Waals surface area contributed by atoms with Crippen LogP contribution < -0.4 is 0 Å². The number of carbonyl (C=O) groups excluding carboxylic acids is 1. The molecule has 4 nitrogen and oxygen atoms in total. The summed E-state index contributed by atoms with van der Waals surface area (Å²) >= 11 is 0. The van der Waals surface area contributed by atoms with Crippen molar-refractivity contribution >= 4 is 5.91 Å². The van der Waals surface area contributed by atoms with Gasteiger partial charge in [0.25, 0.3) is 5.91 Å². The molecule has 1 aromatic carbocycles. The Hall–Kier alpha value is -2.17. The average Bonchev–Trinajstić information content (AvgIpc) is 2.91. The lowest BCUT2D eigenvalue weighted by Crippen LogP contribution is -2.45. The number of H-pyrrole nitrogens is 1. The summed E-state index contributed by atoms with van der Waals surface area (Å²) in [6, 6.07) is 6.40. The summed E-state index contributed by atoms with van der Waals surface area (Å²) in [5.74, 6) is -0.297. The Morgan fingerprint density at radius 3 is 2.90 bits per heavy atom. The molecule has 2 unspecified atom stereocenters. The van der Waals surface area contributed by atoms with E-state index in [4.69, 9.17) is 0 Å². The third kappa shape index (κ3) is 1.99. The summed E-state index contributed by atoms with van der Waals surface area (Å²) in [6.07, 6.45) is 2.23. The zero-order valence-electron chi connectivity index (χ0n) is 11.4. The lowest BCUT2D eigenvalue weighted by molar-refractivity contribution is 0.0574. The molecular weight excluding hydrogens is 257 g/mol. The molecule has 1 amide bonds. The van der Waals surface area contributed by atoms with E-state index in [1.807, 2.05) is 18.7 Å². The zero-order valence-corrected chi connectivity index (χ0v) is 11.4. The maximum absolute atomic E-state index is 13.3. The molecule has 0 fully saturated rings. The summed E-state index contributed by atoms with van der Waals surface area (Å²) in [5, 5.41) is 6.53. The van der Waals surface area contributed by atoms with E-state index in [9.17, 15) is 9.18 Å². The highest BCUT2D eigenvalue weighted by Crippen LogP contribution is 2.34. The fourth-order valence-corrected chi connectivity index (χ4v) is 3.00. The van der Waals surface area contributed by atoms with Crippen LogP contribution in [-0.2, 0) is 6.42 Å². The van der Waals surface area contributed by atoms with Gasteiger partial charge < -0.3 is 4.90 Å². The highest BCUT2D eigenvalue weighted by Gasteiger charge is 2.33. The normalized spacial score (nSPS) is 21.6. The first-order valence-electron chi connectivity index (χ1n) is 6.68. The number of nitrogens with one attached hydrogen (secondary N) is 1. The average molecular weight is 273 g/mol. The predicted molar refractivity (Wildman–Crippen MR) is 72.7 cm³/mol. The van der Waals surface area contributed by atoms with Gasteiger partial charge >= 0.3 is 0 Å². The van der Waals surface area contributed by atoms with Crippen molar-refractivity contribution in [1.29, 1.82) is 0 Å². The number of hydrogen-bond donors (Lipinski definition) is 1. The second kappa shape index (κ2) is 4.74. The summed E-state index contributed by atoms with van der Waals surface area (Å²) in [6.45, 7) is 3.96. The third-order valence-electron chi connectivity index (χ3n) is 3.93. The Balaban J connectivity index is 1.98. The first-order valence-corrected chi connectivity index (χ1v) is 6.68. The molecule has 2 aromatic rings. The van der Waals surface area contributed by atoms with E-state index in [-0.39, 0.29) is 23.8 Å². The number of benzene rings is 1. The fourth-order valence-electron chi connectivity index (χ4n) is 3.00. The number of aromatic nitrogens is 2. The van der Waals surface area contributed by atoms with Crippen molar-refractivity contribution < 1.29 is 9.18 Å². The number of fused-ring (bicyclic) bond motifs is 1. The number of halogens is 1. The number of amides is 1. The van der Waals surface area contributed by atoms with Gasteiger partial charge in [0, 0.05) is 12.2 Å². The topological polar surface area (TPSA) is 49.0 Å². The van der Waals surface area contributed by atoms with E-state index in [1.165, 1.54) is 6.07 Å². The van der Waals surface area contributed by atoms with Gasteiger partial charge in [-0.3, -0.25) is 9.89 Å². The molecule has 1 N–H and O–H groups in total. The van der Waals surface area contributed by atoms with Gasteiger partial charge in [-0.1, -0.05) is 6.07 Å². The summed E-state index contributed by atoms with van der Waals surface area (Å²) < 4.78 is 13.3. The number of rotatable bonds is 1. The van der Waals surface area contributed by atoms with Gasteiger partial charge in [-0.25, -0.2) is 4.39 Å². The molecule has 0 radical (unpaired) electrons. The minimum Gasteiger partial charge on any atom is -0.328 e. The maximum atomic E-state index is 13.3. The summed E-state index contributed by atoms with van der Waals surface area (Å²) in [7, 11) is 0. The Morgan fingerprint density at radius 2 is 2.20 bits per heavy atom. The molecule has 2 heterocycles. The van der Waals surface area contributed by atoms with Crippen LogP contribution in [0.2, 0.25) is 0 Å². The van der Waals surface area contributed by atoms with E-state index in [0.717, 1.165) is 11.1 Å². The van der Waals surface area contributed by atoms with Crippen LogP contribution in [0.3, 0.4) is 0 Å². The Morgan fingerprint density at radius 1 is 1.40 bits per heavy atom. The van der Waals surface area contributed by atoms with Gasteiger partial charge in [-0.05, 0) is 49.6 Å². The van der Waals surface area contributed by atoms with Crippen molar-refractivity contribution in [3.63, 3.8) is 0 Å². The van der Waals surface area contributed by atoms with Gasteiger partial charge in [-0.15, -0.1) is 0 Å². The molecule has 20 heavy (non-hydrogen) atoms. The standard InChI is InChI=1S/C15H16FN3O/c1-9-7-11-8-12(16)3-4-13(11)10(2)19(9)15(20)14-5-6-17-18-14/h3-6,8-10H,7H2,1-2H3,(H,17,18). The van der Waals surface area contributed by atoms with Gasteiger partial charge in [-0.2, -0.15) is 5.10 Å². The van der Waals surface area contributed by atoms with E-state index in [0.29, 0.717) is 12.1 Å². The smallest absolute Gasteiger partial charge is 0.272 e. The molecule has 0 aliphatic carbocycles. The second-order valence-corrected chi connectivity index (χ2v) is 5.25. The molecule has 5 heteroatoms. The summed E-state index contributed by atoms with van der Waals surface area (Å²) in [4.78, 5) is 14.4. The highest BCUT2D eigenvalue weighted by atomic mass is 19.1. The molecule has 1 aromatic heterocycles. The molecule has 3 rings (SSSR count). The number of carbonyl (C=O) groups is 1. The number of aromatic amines is 1. The maximum Gasteiger partial charge on any atom is 0.272 e. The van der Waals surface area contributed by atoms with Crippen molar-refractivity contribution in [3.05, 3.63) is 53.1 Å². The third-order valence-corrected chi connectivity index (χ3v) is 3.93. The van der Waals surface area contributed by atoms with Crippen LogP contribution in [0.1, 0.15) is 41.5 Å². The van der Waals surface area contributed by atoms with Crippen LogP contribution >= 0.6 is 0 Å². The SMILES string of the molecule is CC1Cc2cc(F)ccc2C(C)N1C(=O)c1ccn[nH]1. The molecule has 0 spiro atoms. The molecule has 2 atom stereocenters. The largest absolute Gasteiger partial charge is 0.328 e. The van der Waals surface area contributed by atoms with Crippen LogP contribution in [0.5, 0.6) is 0 Å². The molecule has 0 bridgehead atoms. The molecule has 0 saturated carbocycles. The summed E-state index contributed by atoms with van der Waals surface area (Å²) in [5.41, 5.74) is 2.48. The predicted octanol–water partition coefficient (Wildman–Crippen LogP) is 2.70. The molecule has 1 aliphatic heterocycles. The second-order valence-electron chi connectivity index (χ2n) is 5.25. The van der Waals surface area contributed by atoms with Crippen molar-refractivity contribution in [2.75, 3.05) is 0 Å². The molecular formula is C15H16FN3O. The first kappa shape index (κ1) is 12.8. The van der Waals surface area contributed by atoms with Gasteiger partial charge in [0.2, 0.25) is 0 Å². The lowest BCUT2D eigenvalue weighted by Gasteiger charge is -2.40. The van der Waals surface area contributed by atoms with Crippen molar-refractivity contribution in [3.8, 4) is 0 Å². The molecule has 104 valence electrons. The Bertz CT molecular complexity index is 639. The van der Waals surface area contributed by atoms with E-state index in [1.54, 1.807) is 24.4 Å². The van der Waals surface area contributed by atoms with Crippen LogP contribution in [-0.4, -0.2) is 27.0 Å². The van der Waals surface area contributed by atoms with Crippen molar-refractivity contribution in [1.82, 2.24) is 15.1 Å².